The molecule has 0 aliphatic carbocycles. The van der Waals surface area contributed by atoms with Crippen molar-refractivity contribution in [3.05, 3.63) is 38.1 Å². The van der Waals surface area contributed by atoms with Crippen molar-refractivity contribution in [2.45, 2.75) is 45.6 Å². The second-order valence-corrected chi connectivity index (χ2v) is 10.2. The first-order valence-electron chi connectivity index (χ1n) is 8.81. The molecule has 1 atom stereocenters. The van der Waals surface area contributed by atoms with Gasteiger partial charge >= 0.3 is 0 Å². The lowest BCUT2D eigenvalue weighted by molar-refractivity contribution is 0.359. The van der Waals surface area contributed by atoms with Gasteiger partial charge < -0.3 is 15.7 Å². The lowest BCUT2D eigenvalue weighted by atomic mass is 9.87. The summed E-state index contributed by atoms with van der Waals surface area (Å²) in [5, 5.41) is 16.3. The van der Waals surface area contributed by atoms with E-state index >= 15 is 0 Å². The maximum atomic E-state index is 12.5. The molecule has 3 N–H and O–H groups in total. The highest BCUT2D eigenvalue weighted by atomic mass is 32.2. The molecule has 0 aromatic heterocycles. The molecule has 9 heteroatoms. The third-order valence-electron chi connectivity index (χ3n) is 4.90. The fourth-order valence-electron chi connectivity index (χ4n) is 2.50. The van der Waals surface area contributed by atoms with Crippen molar-refractivity contribution in [3.8, 4) is 5.75 Å². The van der Waals surface area contributed by atoms with Crippen molar-refractivity contribution in [1.29, 1.82) is 0 Å². The molecule has 2 aromatic carbocycles. The average Bonchev–Trinajstić information content (AvgIpc) is 2.57. The Morgan fingerprint density at radius 1 is 1.07 bits per heavy atom. The van der Waals surface area contributed by atoms with E-state index < -0.39 is 26.6 Å². The SMILES string of the molecule is Cc1ccc(Nc2c(NC(C)C(C)(C)C)c(=O)c2=O)c(O)c1S(=O)(=O)N(C)C. The third kappa shape index (κ3) is 3.77. The van der Waals surface area contributed by atoms with Crippen LogP contribution < -0.4 is 21.5 Å². The Kier molecular flexibility index (Phi) is 5.64. The minimum absolute atomic E-state index is 0.00783. The van der Waals surface area contributed by atoms with Crippen LogP contribution in [0.5, 0.6) is 5.75 Å². The smallest absolute Gasteiger partial charge is 0.253 e. The number of nitrogens with zero attached hydrogens (tertiary/aromatic N) is 1. The molecule has 0 aliphatic heterocycles. The molecule has 28 heavy (non-hydrogen) atoms. The molecule has 2 aromatic rings. The topological polar surface area (TPSA) is 116 Å². The van der Waals surface area contributed by atoms with Gasteiger partial charge in [0.25, 0.3) is 10.9 Å². The van der Waals surface area contributed by atoms with Crippen LogP contribution in [0.25, 0.3) is 0 Å². The van der Waals surface area contributed by atoms with Gasteiger partial charge in [0.1, 0.15) is 16.3 Å². The Labute approximate surface area is 164 Å². The molecule has 0 aliphatic rings. The van der Waals surface area contributed by atoms with Gasteiger partial charge in [0.15, 0.2) is 5.75 Å². The number of anilines is 3. The summed E-state index contributed by atoms with van der Waals surface area (Å²) < 4.78 is 26.0. The van der Waals surface area contributed by atoms with Gasteiger partial charge in [0, 0.05) is 20.1 Å². The zero-order valence-electron chi connectivity index (χ0n) is 17.2. The lowest BCUT2D eigenvalue weighted by Crippen LogP contribution is -2.41. The predicted octanol–water partition coefficient (Wildman–Crippen LogP) is 2.14. The summed E-state index contributed by atoms with van der Waals surface area (Å²) in [5.74, 6) is -0.503. The summed E-state index contributed by atoms with van der Waals surface area (Å²) >= 11 is 0. The van der Waals surface area contributed by atoms with E-state index in [9.17, 15) is 23.1 Å². The number of sulfonamides is 1. The van der Waals surface area contributed by atoms with Gasteiger partial charge in [-0.15, -0.1) is 0 Å². The van der Waals surface area contributed by atoms with Crippen LogP contribution in [-0.2, 0) is 10.0 Å². The van der Waals surface area contributed by atoms with Gasteiger partial charge in [-0.25, -0.2) is 12.7 Å². The van der Waals surface area contributed by atoms with Crippen LogP contribution in [0.3, 0.4) is 0 Å². The Balaban J connectivity index is 2.48. The fourth-order valence-corrected chi connectivity index (χ4v) is 3.69. The van der Waals surface area contributed by atoms with E-state index in [1.807, 2.05) is 27.7 Å². The van der Waals surface area contributed by atoms with Crippen molar-refractivity contribution in [1.82, 2.24) is 4.31 Å². The summed E-state index contributed by atoms with van der Waals surface area (Å²) in [5.41, 5.74) is -0.994. The maximum absolute atomic E-state index is 12.5. The molecule has 0 fully saturated rings. The van der Waals surface area contributed by atoms with E-state index in [-0.39, 0.29) is 33.4 Å². The molecule has 2 rings (SSSR count). The first kappa shape index (κ1) is 21.9. The van der Waals surface area contributed by atoms with E-state index in [0.717, 1.165) is 4.31 Å². The highest BCUT2D eigenvalue weighted by Gasteiger charge is 2.29. The summed E-state index contributed by atoms with van der Waals surface area (Å²) in [7, 11) is -1.18. The van der Waals surface area contributed by atoms with Crippen LogP contribution in [0.2, 0.25) is 0 Å². The van der Waals surface area contributed by atoms with Gasteiger partial charge in [-0.2, -0.15) is 0 Å². The number of phenolic OH excluding ortho intramolecular Hbond substituents is 1. The third-order valence-corrected chi connectivity index (χ3v) is 6.89. The Hall–Kier alpha value is -2.39. The number of phenols is 1. The summed E-state index contributed by atoms with van der Waals surface area (Å²) in [4.78, 5) is 23.8. The monoisotopic (exact) mass is 409 g/mol. The van der Waals surface area contributed by atoms with Crippen molar-refractivity contribution < 1.29 is 13.5 Å². The van der Waals surface area contributed by atoms with E-state index in [4.69, 9.17) is 0 Å². The quantitative estimate of drug-likeness (QED) is 0.494. The van der Waals surface area contributed by atoms with Gasteiger partial charge in [0.05, 0.1) is 5.69 Å². The van der Waals surface area contributed by atoms with Crippen molar-refractivity contribution in [3.63, 3.8) is 0 Å². The van der Waals surface area contributed by atoms with Crippen molar-refractivity contribution in [2.24, 2.45) is 5.41 Å². The summed E-state index contributed by atoms with van der Waals surface area (Å²) in [6, 6.07) is 2.88. The number of aromatic hydroxyl groups is 1. The minimum atomic E-state index is -3.90. The highest BCUT2D eigenvalue weighted by molar-refractivity contribution is 7.89. The second-order valence-electron chi connectivity index (χ2n) is 8.16. The van der Waals surface area contributed by atoms with Crippen LogP contribution in [0.4, 0.5) is 17.1 Å². The predicted molar refractivity (Wildman–Crippen MR) is 111 cm³/mol. The lowest BCUT2D eigenvalue weighted by Gasteiger charge is -2.30. The number of aryl methyl sites for hydroxylation is 1. The fraction of sp³-hybridized carbons (Fsp3) is 0.474. The molecule has 0 saturated carbocycles. The normalized spacial score (nSPS) is 13.7. The van der Waals surface area contributed by atoms with Gasteiger partial charge in [-0.05, 0) is 30.9 Å². The van der Waals surface area contributed by atoms with Crippen LogP contribution in [-0.4, -0.2) is 38.0 Å². The van der Waals surface area contributed by atoms with E-state index in [0.29, 0.717) is 5.56 Å². The first-order valence-corrected chi connectivity index (χ1v) is 10.3. The van der Waals surface area contributed by atoms with Gasteiger partial charge in [-0.3, -0.25) is 9.59 Å². The van der Waals surface area contributed by atoms with Crippen molar-refractivity contribution >= 4 is 27.1 Å². The molecule has 154 valence electrons. The van der Waals surface area contributed by atoms with Crippen molar-refractivity contribution in [2.75, 3.05) is 24.7 Å². The number of rotatable bonds is 6. The Morgan fingerprint density at radius 2 is 1.61 bits per heavy atom. The molecule has 0 heterocycles. The molecule has 8 nitrogen and oxygen atoms in total. The highest BCUT2D eigenvalue weighted by Crippen LogP contribution is 2.37. The number of hydrogen-bond donors (Lipinski definition) is 3. The van der Waals surface area contributed by atoms with Gasteiger partial charge in [0.2, 0.25) is 10.0 Å². The zero-order chi connectivity index (χ0) is 21.6. The maximum Gasteiger partial charge on any atom is 0.253 e. The van der Waals surface area contributed by atoms with Crippen LogP contribution in [0, 0.1) is 12.3 Å². The molecule has 0 saturated heterocycles. The largest absolute Gasteiger partial charge is 0.504 e. The first-order chi connectivity index (χ1) is 12.7. The average molecular weight is 410 g/mol. The second kappa shape index (κ2) is 7.21. The molecule has 1 unspecified atom stereocenters. The molecule has 0 radical (unpaired) electrons. The number of hydrogen-bond acceptors (Lipinski definition) is 7. The van der Waals surface area contributed by atoms with Crippen LogP contribution in [0.15, 0.2) is 26.6 Å². The van der Waals surface area contributed by atoms with E-state index in [1.54, 1.807) is 6.92 Å². The number of nitrogens with one attached hydrogen (secondary N) is 2. The van der Waals surface area contributed by atoms with Crippen LogP contribution in [0.1, 0.15) is 33.3 Å². The minimum Gasteiger partial charge on any atom is -0.504 e. The summed E-state index contributed by atoms with van der Waals surface area (Å²) in [6.45, 7) is 9.44. The Bertz CT molecular complexity index is 1070. The Morgan fingerprint density at radius 3 is 2.11 bits per heavy atom. The zero-order valence-corrected chi connectivity index (χ0v) is 18.0. The molecule has 0 amide bonds. The number of benzene rings is 1. The van der Waals surface area contributed by atoms with Gasteiger partial charge in [-0.1, -0.05) is 26.8 Å². The summed E-state index contributed by atoms with van der Waals surface area (Å²) in [6.07, 6.45) is 0. The van der Waals surface area contributed by atoms with Crippen LogP contribution >= 0.6 is 0 Å². The molecular weight excluding hydrogens is 382 g/mol. The molecule has 0 bridgehead atoms. The molecule has 0 spiro atoms. The van der Waals surface area contributed by atoms with E-state index in [1.165, 1.54) is 26.2 Å². The van der Waals surface area contributed by atoms with E-state index in [2.05, 4.69) is 10.6 Å². The molecular formula is C19H27N3O5S. The standard InChI is InChI=1S/C19H27N3O5S/c1-10-8-9-12(15(23)18(10)28(26,27)22(6)7)21-14-13(16(24)17(14)25)20-11(2)19(3,4)5/h8-9,11,20-21,23H,1-7H3.